The third-order valence-corrected chi connectivity index (χ3v) is 6.07. The van der Waals surface area contributed by atoms with Crippen LogP contribution in [0.2, 0.25) is 0 Å². The summed E-state index contributed by atoms with van der Waals surface area (Å²) >= 11 is 0. The minimum absolute atomic E-state index is 0.305. The Morgan fingerprint density at radius 3 is 2.30 bits per heavy atom. The van der Waals surface area contributed by atoms with Gasteiger partial charge in [0.05, 0.1) is 13.7 Å². The van der Waals surface area contributed by atoms with Crippen LogP contribution in [0.3, 0.4) is 0 Å². The number of methoxy groups -OCH3 is 1. The summed E-state index contributed by atoms with van der Waals surface area (Å²) in [5, 5.41) is 0. The lowest BCUT2D eigenvalue weighted by Crippen LogP contribution is -2.52. The highest BCUT2D eigenvalue weighted by atomic mass is 16.5. The molecule has 0 atom stereocenters. The molecule has 1 aromatic carbocycles. The summed E-state index contributed by atoms with van der Waals surface area (Å²) in [6, 6.07) is 9.31. The van der Waals surface area contributed by atoms with Gasteiger partial charge in [-0.25, -0.2) is 0 Å². The van der Waals surface area contributed by atoms with Crippen LogP contribution in [-0.2, 0) is 11.3 Å². The maximum atomic E-state index is 12.9. The molecule has 150 valence electrons. The van der Waals surface area contributed by atoms with E-state index in [4.69, 9.17) is 4.74 Å². The Labute approximate surface area is 164 Å². The molecular formula is C22H35N3O2. The molecule has 0 spiro atoms. The van der Waals surface area contributed by atoms with Crippen molar-refractivity contribution in [3.05, 3.63) is 29.8 Å². The molecule has 2 aliphatic rings. The molecule has 1 heterocycles. The first-order valence-corrected chi connectivity index (χ1v) is 10.5. The molecule has 1 saturated heterocycles. The van der Waals surface area contributed by atoms with Gasteiger partial charge >= 0.3 is 0 Å². The van der Waals surface area contributed by atoms with Crippen LogP contribution in [0.5, 0.6) is 5.75 Å². The summed E-state index contributed by atoms with van der Waals surface area (Å²) in [4.78, 5) is 19.8. The lowest BCUT2D eigenvalue weighted by atomic mass is 10.1. The van der Waals surface area contributed by atoms with E-state index in [1.54, 1.807) is 7.11 Å². The Balaban J connectivity index is 1.46. The molecule has 1 amide bonds. The Bertz CT molecular complexity index is 588. The number of carbonyl (C=O) groups is 1. The average molecular weight is 374 g/mol. The maximum absolute atomic E-state index is 12.9. The molecular weight excluding hydrogens is 338 g/mol. The molecule has 2 fully saturated rings. The molecule has 1 aromatic rings. The third-order valence-electron chi connectivity index (χ3n) is 6.07. The van der Waals surface area contributed by atoms with Crippen LogP contribution in [0.4, 0.5) is 0 Å². The number of piperazine rings is 1. The van der Waals surface area contributed by atoms with Crippen molar-refractivity contribution in [3.8, 4) is 5.75 Å². The van der Waals surface area contributed by atoms with Crippen LogP contribution in [0.1, 0.15) is 45.1 Å². The normalized spacial score (nSPS) is 19.2. The Morgan fingerprint density at radius 2 is 1.74 bits per heavy atom. The summed E-state index contributed by atoms with van der Waals surface area (Å²) in [5.41, 5.74) is 1.29. The van der Waals surface area contributed by atoms with Crippen LogP contribution in [0.25, 0.3) is 0 Å². The van der Waals surface area contributed by atoms with Gasteiger partial charge in [-0.1, -0.05) is 25.0 Å². The van der Waals surface area contributed by atoms with Crippen molar-refractivity contribution in [2.75, 3.05) is 39.8 Å². The molecule has 5 nitrogen and oxygen atoms in total. The molecule has 27 heavy (non-hydrogen) atoms. The van der Waals surface area contributed by atoms with Crippen molar-refractivity contribution in [1.82, 2.24) is 14.7 Å². The van der Waals surface area contributed by atoms with E-state index in [0.29, 0.717) is 24.5 Å². The summed E-state index contributed by atoms with van der Waals surface area (Å²) in [5.74, 6) is 1.20. The summed E-state index contributed by atoms with van der Waals surface area (Å²) in [7, 11) is 1.69. The van der Waals surface area contributed by atoms with E-state index < -0.39 is 0 Å². The van der Waals surface area contributed by atoms with Gasteiger partial charge in [0.15, 0.2) is 0 Å². The van der Waals surface area contributed by atoms with E-state index in [9.17, 15) is 4.79 Å². The molecule has 0 N–H and O–H groups in total. The first-order valence-electron chi connectivity index (χ1n) is 10.5. The van der Waals surface area contributed by atoms with Crippen LogP contribution in [-0.4, -0.2) is 72.5 Å². The number of benzene rings is 1. The second kappa shape index (κ2) is 9.56. The van der Waals surface area contributed by atoms with Crippen molar-refractivity contribution < 1.29 is 9.53 Å². The lowest BCUT2D eigenvalue weighted by molar-refractivity contribution is -0.135. The van der Waals surface area contributed by atoms with E-state index >= 15 is 0 Å². The number of nitrogens with zero attached hydrogens (tertiary/aromatic N) is 3. The quantitative estimate of drug-likeness (QED) is 0.736. The minimum Gasteiger partial charge on any atom is -0.497 e. The van der Waals surface area contributed by atoms with Gasteiger partial charge in [0.2, 0.25) is 5.91 Å². The molecule has 5 heteroatoms. The molecule has 0 bridgehead atoms. The maximum Gasteiger partial charge on any atom is 0.236 e. The molecule has 0 unspecified atom stereocenters. The molecule has 0 radical (unpaired) electrons. The Hall–Kier alpha value is -1.59. The fourth-order valence-corrected chi connectivity index (χ4v) is 4.37. The van der Waals surface area contributed by atoms with Gasteiger partial charge in [-0.05, 0) is 44.4 Å². The van der Waals surface area contributed by atoms with E-state index in [0.717, 1.165) is 38.5 Å². The zero-order chi connectivity index (χ0) is 19.2. The molecule has 1 saturated carbocycles. The van der Waals surface area contributed by atoms with Crippen LogP contribution in [0, 0.1) is 0 Å². The van der Waals surface area contributed by atoms with Crippen molar-refractivity contribution >= 4 is 5.91 Å². The van der Waals surface area contributed by atoms with Gasteiger partial charge in [0.1, 0.15) is 5.75 Å². The Morgan fingerprint density at radius 1 is 1.11 bits per heavy atom. The summed E-state index contributed by atoms with van der Waals surface area (Å²) in [6.45, 7) is 9.53. The fraction of sp³-hybridized carbons (Fsp3) is 0.682. The predicted molar refractivity (Wildman–Crippen MR) is 109 cm³/mol. The third kappa shape index (κ3) is 5.45. The molecule has 0 aromatic heterocycles. The monoisotopic (exact) mass is 373 g/mol. The number of hydrogen-bond acceptors (Lipinski definition) is 4. The second-order valence-electron chi connectivity index (χ2n) is 8.21. The van der Waals surface area contributed by atoms with E-state index in [2.05, 4.69) is 40.7 Å². The highest BCUT2D eigenvalue weighted by Gasteiger charge is 2.29. The number of rotatable bonds is 7. The number of carbonyl (C=O) groups excluding carboxylic acids is 1. The van der Waals surface area contributed by atoms with Gasteiger partial charge in [-0.3, -0.25) is 14.6 Å². The minimum atomic E-state index is 0.305. The fourth-order valence-electron chi connectivity index (χ4n) is 4.37. The first-order chi connectivity index (χ1) is 13.1. The van der Waals surface area contributed by atoms with Gasteiger partial charge in [0.25, 0.3) is 0 Å². The largest absolute Gasteiger partial charge is 0.497 e. The van der Waals surface area contributed by atoms with Crippen LogP contribution >= 0.6 is 0 Å². The van der Waals surface area contributed by atoms with Gasteiger partial charge in [-0.15, -0.1) is 0 Å². The predicted octanol–water partition coefficient (Wildman–Crippen LogP) is 2.99. The van der Waals surface area contributed by atoms with E-state index in [-0.39, 0.29) is 0 Å². The van der Waals surface area contributed by atoms with Crippen molar-refractivity contribution in [2.24, 2.45) is 0 Å². The van der Waals surface area contributed by atoms with Gasteiger partial charge in [0, 0.05) is 44.8 Å². The van der Waals surface area contributed by atoms with Crippen molar-refractivity contribution in [2.45, 2.75) is 58.2 Å². The molecule has 1 aliphatic carbocycles. The highest BCUT2D eigenvalue weighted by Crippen LogP contribution is 2.25. The second-order valence-corrected chi connectivity index (χ2v) is 8.21. The summed E-state index contributed by atoms with van der Waals surface area (Å²) in [6.07, 6.45) is 5.13. The lowest BCUT2D eigenvalue weighted by Gasteiger charge is -2.38. The van der Waals surface area contributed by atoms with E-state index in [1.165, 1.54) is 31.2 Å². The smallest absolute Gasteiger partial charge is 0.236 e. The first kappa shape index (κ1) is 20.2. The van der Waals surface area contributed by atoms with Crippen molar-refractivity contribution in [3.63, 3.8) is 0 Å². The standard InChI is InChI=1S/C22H35N3O2/c1-18(2)25(20-6-4-5-7-20)17-22(26)24-14-12-23(13-15-24)16-19-8-10-21(27-3)11-9-19/h8-11,18,20H,4-7,12-17H2,1-3H3. The van der Waals surface area contributed by atoms with Gasteiger partial charge < -0.3 is 9.64 Å². The molecule has 3 rings (SSSR count). The van der Waals surface area contributed by atoms with E-state index in [1.807, 2.05) is 12.1 Å². The SMILES string of the molecule is COc1ccc(CN2CCN(C(=O)CN(C(C)C)C3CCCC3)CC2)cc1. The zero-order valence-corrected chi connectivity index (χ0v) is 17.2. The van der Waals surface area contributed by atoms with Crippen LogP contribution < -0.4 is 4.74 Å². The number of amides is 1. The highest BCUT2D eigenvalue weighted by molar-refractivity contribution is 5.78. The van der Waals surface area contributed by atoms with Gasteiger partial charge in [-0.2, -0.15) is 0 Å². The molecule has 1 aliphatic heterocycles. The number of hydrogen-bond donors (Lipinski definition) is 0. The van der Waals surface area contributed by atoms with Crippen LogP contribution in [0.15, 0.2) is 24.3 Å². The van der Waals surface area contributed by atoms with Crippen molar-refractivity contribution in [1.29, 1.82) is 0 Å². The number of ether oxygens (including phenoxy) is 1. The Kier molecular flexibility index (Phi) is 7.13. The average Bonchev–Trinajstić information content (AvgIpc) is 3.21. The topological polar surface area (TPSA) is 36.0 Å². The zero-order valence-electron chi connectivity index (χ0n) is 17.2. The summed E-state index contributed by atoms with van der Waals surface area (Å²) < 4.78 is 5.22.